The molecule has 0 atom stereocenters. The minimum atomic E-state index is -0.366. The van der Waals surface area contributed by atoms with Crippen LogP contribution in [0.4, 0.5) is 5.95 Å². The SMILES string of the molecule is COC(=O)c1ccc(-n2c(C)cc(/C=N/Nc3nc(C)cc(=O)[nH]3)c2C)cc1. The Morgan fingerprint density at radius 2 is 1.93 bits per heavy atom. The second-order valence-corrected chi connectivity index (χ2v) is 6.31. The van der Waals surface area contributed by atoms with Gasteiger partial charge in [-0.05, 0) is 51.1 Å². The Balaban J connectivity index is 1.83. The van der Waals surface area contributed by atoms with Crippen LogP contribution in [0.1, 0.15) is 33.0 Å². The Morgan fingerprint density at radius 3 is 2.57 bits per heavy atom. The molecule has 0 saturated carbocycles. The number of aromatic amines is 1. The first kappa shape index (κ1) is 19.1. The summed E-state index contributed by atoms with van der Waals surface area (Å²) < 4.78 is 6.80. The molecule has 1 aromatic carbocycles. The fourth-order valence-corrected chi connectivity index (χ4v) is 2.98. The number of aryl methyl sites for hydroxylation is 2. The van der Waals surface area contributed by atoms with Crippen LogP contribution in [0.25, 0.3) is 5.69 Å². The third kappa shape index (κ3) is 4.01. The Labute approximate surface area is 161 Å². The molecular formula is C20H21N5O3. The minimum Gasteiger partial charge on any atom is -0.465 e. The number of esters is 1. The van der Waals surface area contributed by atoms with Gasteiger partial charge in [0.2, 0.25) is 5.95 Å². The van der Waals surface area contributed by atoms with Crippen molar-refractivity contribution in [2.24, 2.45) is 5.10 Å². The molecule has 0 aliphatic heterocycles. The van der Waals surface area contributed by atoms with E-state index in [1.165, 1.54) is 13.2 Å². The molecule has 0 aliphatic carbocycles. The summed E-state index contributed by atoms with van der Waals surface area (Å²) in [4.78, 5) is 29.8. The number of carbonyl (C=O) groups excluding carboxylic acids is 1. The van der Waals surface area contributed by atoms with Crippen LogP contribution in [-0.2, 0) is 4.74 Å². The lowest BCUT2D eigenvalue weighted by Crippen LogP contribution is -2.10. The molecule has 0 spiro atoms. The first-order valence-electron chi connectivity index (χ1n) is 8.64. The summed E-state index contributed by atoms with van der Waals surface area (Å²) >= 11 is 0. The first-order valence-corrected chi connectivity index (χ1v) is 8.64. The second kappa shape index (κ2) is 7.91. The van der Waals surface area contributed by atoms with Gasteiger partial charge in [0.25, 0.3) is 5.56 Å². The largest absolute Gasteiger partial charge is 0.465 e. The van der Waals surface area contributed by atoms with Crippen LogP contribution in [0, 0.1) is 20.8 Å². The van der Waals surface area contributed by atoms with Crippen molar-refractivity contribution in [3.05, 3.63) is 75.0 Å². The van der Waals surface area contributed by atoms with E-state index in [0.717, 1.165) is 22.6 Å². The Hall–Kier alpha value is -3.68. The average Bonchev–Trinajstić information content (AvgIpc) is 2.94. The van der Waals surface area contributed by atoms with Gasteiger partial charge in [0.05, 0.1) is 18.9 Å². The number of hydrogen-bond donors (Lipinski definition) is 2. The number of anilines is 1. The maximum Gasteiger partial charge on any atom is 0.337 e. The van der Waals surface area contributed by atoms with Crippen molar-refractivity contribution in [2.75, 3.05) is 12.5 Å². The standard InChI is InChI=1S/C20H21N5O3/c1-12-9-18(26)23-20(22-12)24-21-11-16-10-13(2)25(14(16)3)17-7-5-15(6-8-17)19(27)28-4/h5-11H,1-4H3,(H2,22,23,24,26)/b21-11+. The molecule has 8 heteroatoms. The van der Waals surface area contributed by atoms with E-state index in [1.807, 2.05) is 32.0 Å². The molecule has 0 unspecified atom stereocenters. The van der Waals surface area contributed by atoms with Gasteiger partial charge in [-0.3, -0.25) is 9.78 Å². The topological polar surface area (TPSA) is 101 Å². The van der Waals surface area contributed by atoms with E-state index < -0.39 is 0 Å². The van der Waals surface area contributed by atoms with Crippen molar-refractivity contribution in [1.82, 2.24) is 14.5 Å². The molecular weight excluding hydrogens is 358 g/mol. The van der Waals surface area contributed by atoms with Crippen LogP contribution < -0.4 is 11.0 Å². The van der Waals surface area contributed by atoms with Crippen molar-refractivity contribution >= 4 is 18.1 Å². The average molecular weight is 379 g/mol. The van der Waals surface area contributed by atoms with Crippen molar-refractivity contribution in [2.45, 2.75) is 20.8 Å². The van der Waals surface area contributed by atoms with Gasteiger partial charge in [-0.1, -0.05) is 0 Å². The highest BCUT2D eigenvalue weighted by atomic mass is 16.5. The highest BCUT2D eigenvalue weighted by molar-refractivity contribution is 5.89. The molecule has 3 rings (SSSR count). The molecule has 8 nitrogen and oxygen atoms in total. The van der Waals surface area contributed by atoms with Gasteiger partial charge in [-0.2, -0.15) is 5.10 Å². The van der Waals surface area contributed by atoms with Crippen LogP contribution in [-0.4, -0.2) is 33.8 Å². The van der Waals surface area contributed by atoms with E-state index in [4.69, 9.17) is 4.74 Å². The van der Waals surface area contributed by atoms with Crippen molar-refractivity contribution in [3.63, 3.8) is 0 Å². The van der Waals surface area contributed by atoms with Crippen molar-refractivity contribution in [3.8, 4) is 5.69 Å². The Bertz CT molecular complexity index is 1090. The molecule has 0 bridgehead atoms. The maximum absolute atomic E-state index is 11.6. The summed E-state index contributed by atoms with van der Waals surface area (Å²) in [5.41, 5.74) is 7.46. The smallest absolute Gasteiger partial charge is 0.337 e. The normalized spacial score (nSPS) is 11.0. The van der Waals surface area contributed by atoms with Gasteiger partial charge in [0.15, 0.2) is 0 Å². The summed E-state index contributed by atoms with van der Waals surface area (Å²) in [6.07, 6.45) is 1.67. The van der Waals surface area contributed by atoms with E-state index in [1.54, 1.807) is 25.3 Å². The van der Waals surface area contributed by atoms with Gasteiger partial charge in [0, 0.05) is 34.4 Å². The zero-order chi connectivity index (χ0) is 20.3. The lowest BCUT2D eigenvalue weighted by molar-refractivity contribution is 0.0600. The highest BCUT2D eigenvalue weighted by Gasteiger charge is 2.11. The number of rotatable bonds is 5. The fourth-order valence-electron chi connectivity index (χ4n) is 2.98. The van der Waals surface area contributed by atoms with Gasteiger partial charge in [-0.25, -0.2) is 15.2 Å². The van der Waals surface area contributed by atoms with E-state index in [2.05, 4.69) is 25.1 Å². The summed E-state index contributed by atoms with van der Waals surface area (Å²) in [7, 11) is 1.36. The zero-order valence-corrected chi connectivity index (χ0v) is 16.1. The molecule has 0 aliphatic rings. The number of nitrogens with one attached hydrogen (secondary N) is 2. The number of ether oxygens (including phenoxy) is 1. The van der Waals surface area contributed by atoms with Crippen molar-refractivity contribution < 1.29 is 9.53 Å². The van der Waals surface area contributed by atoms with Crippen LogP contribution in [0.15, 0.2) is 46.3 Å². The molecule has 144 valence electrons. The van der Waals surface area contributed by atoms with E-state index >= 15 is 0 Å². The molecule has 0 saturated heterocycles. The molecule has 2 heterocycles. The number of hydrazone groups is 1. The van der Waals surface area contributed by atoms with Gasteiger partial charge in [-0.15, -0.1) is 0 Å². The fraction of sp³-hybridized carbons (Fsp3) is 0.200. The zero-order valence-electron chi connectivity index (χ0n) is 16.1. The first-order chi connectivity index (χ1) is 13.4. The van der Waals surface area contributed by atoms with E-state index in [-0.39, 0.29) is 17.5 Å². The van der Waals surface area contributed by atoms with Crippen molar-refractivity contribution in [1.29, 1.82) is 0 Å². The minimum absolute atomic E-state index is 0.237. The number of H-pyrrole nitrogens is 1. The number of carbonyl (C=O) groups is 1. The molecule has 3 aromatic rings. The summed E-state index contributed by atoms with van der Waals surface area (Å²) in [6.45, 7) is 5.71. The molecule has 0 radical (unpaired) electrons. The Kier molecular flexibility index (Phi) is 5.39. The number of nitrogens with zero attached hydrogens (tertiary/aromatic N) is 3. The third-order valence-electron chi connectivity index (χ3n) is 4.26. The molecule has 28 heavy (non-hydrogen) atoms. The highest BCUT2D eigenvalue weighted by Crippen LogP contribution is 2.20. The van der Waals surface area contributed by atoms with E-state index in [0.29, 0.717) is 11.3 Å². The number of benzene rings is 1. The van der Waals surface area contributed by atoms with Gasteiger partial charge >= 0.3 is 5.97 Å². The molecule has 0 fully saturated rings. The lowest BCUT2D eigenvalue weighted by atomic mass is 10.2. The maximum atomic E-state index is 11.6. The summed E-state index contributed by atoms with van der Waals surface area (Å²) in [5, 5.41) is 4.17. The monoisotopic (exact) mass is 379 g/mol. The second-order valence-electron chi connectivity index (χ2n) is 6.31. The molecule has 2 N–H and O–H groups in total. The predicted octanol–water partition coefficient (Wildman–Crippen LogP) is 2.72. The quantitative estimate of drug-likeness (QED) is 0.403. The van der Waals surface area contributed by atoms with Crippen LogP contribution >= 0.6 is 0 Å². The van der Waals surface area contributed by atoms with Gasteiger partial charge < -0.3 is 9.30 Å². The van der Waals surface area contributed by atoms with E-state index in [9.17, 15) is 9.59 Å². The van der Waals surface area contributed by atoms with Crippen LogP contribution in [0.2, 0.25) is 0 Å². The summed E-state index contributed by atoms with van der Waals surface area (Å²) in [6, 6.07) is 10.6. The predicted molar refractivity (Wildman–Crippen MR) is 107 cm³/mol. The number of methoxy groups -OCH3 is 1. The Morgan fingerprint density at radius 1 is 1.21 bits per heavy atom. The molecule has 0 amide bonds. The number of aromatic nitrogens is 3. The van der Waals surface area contributed by atoms with Gasteiger partial charge in [0.1, 0.15) is 0 Å². The molecule has 2 aromatic heterocycles. The third-order valence-corrected chi connectivity index (χ3v) is 4.26. The van der Waals surface area contributed by atoms with Crippen LogP contribution in [0.5, 0.6) is 0 Å². The number of hydrogen-bond acceptors (Lipinski definition) is 6. The summed E-state index contributed by atoms with van der Waals surface area (Å²) in [5.74, 6) is -0.0809. The van der Waals surface area contributed by atoms with Crippen LogP contribution in [0.3, 0.4) is 0 Å². The lowest BCUT2D eigenvalue weighted by Gasteiger charge is -2.10.